The van der Waals surface area contributed by atoms with Crippen molar-refractivity contribution >= 4 is 23.3 Å². The minimum atomic E-state index is -0.439. The summed E-state index contributed by atoms with van der Waals surface area (Å²) in [6, 6.07) is 0. The summed E-state index contributed by atoms with van der Waals surface area (Å²) < 4.78 is 11.9. The van der Waals surface area contributed by atoms with Crippen LogP contribution in [0.25, 0.3) is 0 Å². The van der Waals surface area contributed by atoms with E-state index in [2.05, 4.69) is 44.4 Å². The van der Waals surface area contributed by atoms with Gasteiger partial charge in [-0.15, -0.1) is 0 Å². The molecule has 1 unspecified atom stereocenters. The van der Waals surface area contributed by atoms with Crippen LogP contribution < -0.4 is 0 Å². The van der Waals surface area contributed by atoms with Crippen molar-refractivity contribution < 1.29 is 19.1 Å². The molecule has 38 heavy (non-hydrogen) atoms. The number of morpholine rings is 2. The second-order valence-electron chi connectivity index (χ2n) is 14.3. The van der Waals surface area contributed by atoms with Crippen LogP contribution in [-0.2, 0) is 19.1 Å². The average molecular weight is 551 g/mol. The van der Waals surface area contributed by atoms with Crippen molar-refractivity contribution in [3.8, 4) is 0 Å². The third kappa shape index (κ3) is 7.23. The van der Waals surface area contributed by atoms with Crippen LogP contribution in [0.3, 0.4) is 0 Å². The number of ether oxygens (including phenoxy) is 2. The van der Waals surface area contributed by atoms with Gasteiger partial charge in [-0.05, 0) is 43.6 Å². The van der Waals surface area contributed by atoms with E-state index in [4.69, 9.17) is 9.47 Å². The number of carbonyl (C=O) groups is 2. The third-order valence-electron chi connectivity index (χ3n) is 9.64. The zero-order valence-electron chi connectivity index (χ0n) is 24.9. The molecule has 3 aliphatic heterocycles. The van der Waals surface area contributed by atoms with Gasteiger partial charge in [0.15, 0.2) is 0 Å². The standard InChI is InChI=1S/C31H54N2O4S/c1-28(2,3)26(34)30(9-7-6-8-10-30)24-33-15-18-37-25(22-33)21-29(4,5)27(35)31(11-19-38-20-12-31)23-32-13-16-36-17-14-32/h25H,6-24H2,1-5H3. The Morgan fingerprint density at radius 1 is 0.789 bits per heavy atom. The number of carbonyl (C=O) groups excluding carboxylic acids is 2. The van der Waals surface area contributed by atoms with E-state index in [0.717, 1.165) is 109 Å². The molecular weight excluding hydrogens is 496 g/mol. The van der Waals surface area contributed by atoms with Crippen molar-refractivity contribution in [1.82, 2.24) is 9.80 Å². The molecule has 4 rings (SSSR count). The first kappa shape index (κ1) is 30.5. The summed E-state index contributed by atoms with van der Waals surface area (Å²) >= 11 is 1.99. The van der Waals surface area contributed by atoms with Gasteiger partial charge in [0.2, 0.25) is 0 Å². The van der Waals surface area contributed by atoms with Crippen LogP contribution in [-0.4, -0.2) is 98.1 Å². The fourth-order valence-electron chi connectivity index (χ4n) is 7.74. The van der Waals surface area contributed by atoms with Crippen LogP contribution in [0.2, 0.25) is 0 Å². The molecule has 6 nitrogen and oxygen atoms in total. The molecule has 0 bridgehead atoms. The van der Waals surface area contributed by atoms with E-state index in [0.29, 0.717) is 18.2 Å². The van der Waals surface area contributed by atoms with Crippen molar-refractivity contribution in [3.05, 3.63) is 0 Å². The summed E-state index contributed by atoms with van der Waals surface area (Å²) in [6.45, 7) is 18.1. The van der Waals surface area contributed by atoms with Crippen LogP contribution in [0.15, 0.2) is 0 Å². The Labute approximate surface area is 236 Å². The minimum absolute atomic E-state index is 0.0338. The van der Waals surface area contributed by atoms with E-state index < -0.39 is 5.41 Å². The Bertz CT molecular complexity index is 805. The molecular formula is C31H54N2O4S. The molecule has 0 radical (unpaired) electrons. The Morgan fingerprint density at radius 3 is 2.00 bits per heavy atom. The monoisotopic (exact) mass is 550 g/mol. The lowest BCUT2D eigenvalue weighted by Gasteiger charge is -2.47. The Morgan fingerprint density at radius 2 is 1.37 bits per heavy atom. The van der Waals surface area contributed by atoms with E-state index in [-0.39, 0.29) is 22.3 Å². The summed E-state index contributed by atoms with van der Waals surface area (Å²) in [5.74, 6) is 3.01. The first-order valence-corrected chi connectivity index (χ1v) is 16.4. The summed E-state index contributed by atoms with van der Waals surface area (Å²) in [4.78, 5) is 33.0. The van der Waals surface area contributed by atoms with E-state index >= 15 is 0 Å². The van der Waals surface area contributed by atoms with Crippen LogP contribution in [0.5, 0.6) is 0 Å². The van der Waals surface area contributed by atoms with Crippen LogP contribution in [0, 0.1) is 21.7 Å². The molecule has 0 spiro atoms. The number of Topliss-reactive ketones (excluding diaryl/α,β-unsaturated/α-hetero) is 2. The second-order valence-corrected chi connectivity index (χ2v) is 15.6. The molecule has 4 fully saturated rings. The molecule has 218 valence electrons. The maximum Gasteiger partial charge on any atom is 0.146 e. The van der Waals surface area contributed by atoms with Crippen molar-refractivity contribution in [2.24, 2.45) is 21.7 Å². The highest BCUT2D eigenvalue weighted by Crippen LogP contribution is 2.45. The first-order chi connectivity index (χ1) is 18.0. The van der Waals surface area contributed by atoms with Crippen molar-refractivity contribution in [3.63, 3.8) is 0 Å². The molecule has 7 heteroatoms. The molecule has 0 N–H and O–H groups in total. The normalized spacial score (nSPS) is 27.7. The lowest BCUT2D eigenvalue weighted by Crippen LogP contribution is -2.55. The topological polar surface area (TPSA) is 59.1 Å². The lowest BCUT2D eigenvalue weighted by atomic mass is 9.64. The van der Waals surface area contributed by atoms with Crippen molar-refractivity contribution in [2.45, 2.75) is 92.1 Å². The van der Waals surface area contributed by atoms with Crippen molar-refractivity contribution in [1.29, 1.82) is 0 Å². The second kappa shape index (κ2) is 12.6. The van der Waals surface area contributed by atoms with E-state index in [1.54, 1.807) is 0 Å². The summed E-state index contributed by atoms with van der Waals surface area (Å²) in [5, 5.41) is 0. The highest BCUT2D eigenvalue weighted by molar-refractivity contribution is 7.99. The Balaban J connectivity index is 1.43. The molecule has 1 atom stereocenters. The Hall–Kier alpha value is -0.470. The SMILES string of the molecule is CC(C)(C)C(=O)C1(CN2CCOC(CC(C)(C)C(=O)C3(CN4CCOCC4)CCSCC3)C2)CCCCC1. The lowest BCUT2D eigenvalue weighted by molar-refractivity contribution is -0.145. The average Bonchev–Trinajstić information content (AvgIpc) is 2.89. The van der Waals surface area contributed by atoms with Crippen LogP contribution >= 0.6 is 11.8 Å². The van der Waals surface area contributed by atoms with Crippen molar-refractivity contribution in [2.75, 3.05) is 70.6 Å². The smallest absolute Gasteiger partial charge is 0.146 e. The van der Waals surface area contributed by atoms with Gasteiger partial charge in [-0.2, -0.15) is 11.8 Å². The van der Waals surface area contributed by atoms with Crippen LogP contribution in [0.1, 0.15) is 86.0 Å². The van der Waals surface area contributed by atoms with Crippen LogP contribution in [0.4, 0.5) is 0 Å². The minimum Gasteiger partial charge on any atom is -0.379 e. The first-order valence-electron chi connectivity index (χ1n) is 15.3. The number of ketones is 2. The zero-order valence-corrected chi connectivity index (χ0v) is 25.8. The Kier molecular flexibility index (Phi) is 10.1. The number of rotatable bonds is 9. The van der Waals surface area contributed by atoms with Gasteiger partial charge >= 0.3 is 0 Å². The summed E-state index contributed by atoms with van der Waals surface area (Å²) in [5.41, 5.74) is -1.24. The molecule has 1 aliphatic carbocycles. The molecule has 4 aliphatic rings. The summed E-state index contributed by atoms with van der Waals surface area (Å²) in [7, 11) is 0. The summed E-state index contributed by atoms with van der Waals surface area (Å²) in [6.07, 6.45) is 8.31. The number of nitrogens with zero attached hydrogens (tertiary/aromatic N) is 2. The number of hydrogen-bond donors (Lipinski definition) is 0. The highest BCUT2D eigenvalue weighted by Gasteiger charge is 2.49. The molecule has 3 saturated heterocycles. The van der Waals surface area contributed by atoms with E-state index in [1.807, 2.05) is 11.8 Å². The van der Waals surface area contributed by atoms with Gasteiger partial charge in [-0.3, -0.25) is 19.4 Å². The maximum absolute atomic E-state index is 14.4. The van der Waals surface area contributed by atoms with Gasteiger partial charge in [0.05, 0.1) is 25.9 Å². The van der Waals surface area contributed by atoms with E-state index in [1.165, 1.54) is 6.42 Å². The quantitative estimate of drug-likeness (QED) is 0.397. The van der Waals surface area contributed by atoms with Gasteiger partial charge in [0.25, 0.3) is 0 Å². The fraction of sp³-hybridized carbons (Fsp3) is 0.935. The largest absolute Gasteiger partial charge is 0.379 e. The molecule has 0 aromatic rings. The number of thioether (sulfide) groups is 1. The predicted molar refractivity (Wildman–Crippen MR) is 156 cm³/mol. The van der Waals surface area contributed by atoms with Gasteiger partial charge < -0.3 is 9.47 Å². The molecule has 1 saturated carbocycles. The van der Waals surface area contributed by atoms with Gasteiger partial charge in [0.1, 0.15) is 11.6 Å². The fourth-order valence-corrected chi connectivity index (χ4v) is 9.02. The molecule has 0 amide bonds. The number of hydrogen-bond acceptors (Lipinski definition) is 7. The highest BCUT2D eigenvalue weighted by atomic mass is 32.2. The molecule has 3 heterocycles. The molecule has 0 aromatic carbocycles. The van der Waals surface area contributed by atoms with Gasteiger partial charge in [-0.1, -0.05) is 53.9 Å². The predicted octanol–water partition coefficient (Wildman–Crippen LogP) is 5.08. The maximum atomic E-state index is 14.4. The molecule has 0 aromatic heterocycles. The van der Waals surface area contributed by atoms with E-state index in [9.17, 15) is 9.59 Å². The zero-order chi connectivity index (χ0) is 27.4. The third-order valence-corrected chi connectivity index (χ3v) is 10.6. The van der Waals surface area contributed by atoms with Gasteiger partial charge in [-0.25, -0.2) is 0 Å². The van der Waals surface area contributed by atoms with Gasteiger partial charge in [0, 0.05) is 60.9 Å².